The van der Waals surface area contributed by atoms with E-state index in [0.29, 0.717) is 6.10 Å². The molecule has 1 aromatic heterocycles. The summed E-state index contributed by atoms with van der Waals surface area (Å²) in [6.45, 7) is 4.30. The van der Waals surface area contributed by atoms with Gasteiger partial charge in [0, 0.05) is 49.7 Å². The van der Waals surface area contributed by atoms with Crippen molar-refractivity contribution in [2.45, 2.75) is 25.5 Å². The fourth-order valence-electron chi connectivity index (χ4n) is 3.70. The zero-order valence-electron chi connectivity index (χ0n) is 14.7. The number of rotatable bonds is 7. The van der Waals surface area contributed by atoms with Gasteiger partial charge in [-0.2, -0.15) is 0 Å². The molecular weight excluding hydrogens is 314 g/mol. The van der Waals surface area contributed by atoms with Crippen LogP contribution in [0.15, 0.2) is 46.9 Å². The van der Waals surface area contributed by atoms with Crippen molar-refractivity contribution in [3.63, 3.8) is 0 Å². The smallest absolute Gasteiger partial charge is 0.139 e. The van der Waals surface area contributed by atoms with Crippen LogP contribution in [0.5, 0.6) is 0 Å². The number of furan rings is 1. The van der Waals surface area contributed by atoms with Crippen LogP contribution in [0.25, 0.3) is 21.9 Å². The molecule has 1 saturated heterocycles. The quantitative estimate of drug-likeness (QED) is 0.646. The largest absolute Gasteiger partial charge is 0.456 e. The molecule has 0 aliphatic carbocycles. The molecule has 0 amide bonds. The molecule has 4 nitrogen and oxygen atoms in total. The van der Waals surface area contributed by atoms with Crippen molar-refractivity contribution in [2.75, 3.05) is 33.4 Å². The lowest BCUT2D eigenvalue weighted by Gasteiger charge is -2.25. The lowest BCUT2D eigenvalue weighted by molar-refractivity contribution is 0.0588. The normalized spacial score (nSPS) is 17.9. The molecule has 2 heterocycles. The predicted molar refractivity (Wildman–Crippen MR) is 99.8 cm³/mol. The van der Waals surface area contributed by atoms with E-state index in [1.54, 1.807) is 7.11 Å². The maximum Gasteiger partial charge on any atom is 0.139 e. The molecule has 4 rings (SSSR count). The minimum atomic E-state index is 0.340. The molecule has 1 fully saturated rings. The van der Waals surface area contributed by atoms with Gasteiger partial charge in [0.05, 0.1) is 12.7 Å². The number of benzene rings is 2. The third-order valence-electron chi connectivity index (χ3n) is 4.98. The average Bonchev–Trinajstić information content (AvgIpc) is 3.27. The highest BCUT2D eigenvalue weighted by Crippen LogP contribution is 2.31. The molecule has 0 N–H and O–H groups in total. The van der Waals surface area contributed by atoms with Gasteiger partial charge < -0.3 is 13.9 Å². The van der Waals surface area contributed by atoms with E-state index < -0.39 is 0 Å². The van der Waals surface area contributed by atoms with Gasteiger partial charge in [-0.3, -0.25) is 4.90 Å². The van der Waals surface area contributed by atoms with E-state index in [0.717, 1.165) is 50.4 Å². The van der Waals surface area contributed by atoms with Crippen molar-refractivity contribution in [2.24, 2.45) is 0 Å². The number of hydrogen-bond donors (Lipinski definition) is 0. The Hall–Kier alpha value is -1.88. The van der Waals surface area contributed by atoms with Crippen LogP contribution in [-0.4, -0.2) is 44.4 Å². The highest BCUT2D eigenvalue weighted by Gasteiger charge is 2.20. The molecule has 0 spiro atoms. The first-order valence-electron chi connectivity index (χ1n) is 9.07. The Morgan fingerprint density at radius 3 is 2.84 bits per heavy atom. The summed E-state index contributed by atoms with van der Waals surface area (Å²) in [7, 11) is 1.75. The van der Waals surface area contributed by atoms with Crippen LogP contribution in [0, 0.1) is 0 Å². The Kier molecular flexibility index (Phi) is 5.02. The predicted octanol–water partition coefficient (Wildman–Crippen LogP) is 4.21. The molecule has 2 aromatic carbocycles. The van der Waals surface area contributed by atoms with Gasteiger partial charge in [-0.1, -0.05) is 36.4 Å². The maximum absolute atomic E-state index is 6.17. The minimum Gasteiger partial charge on any atom is -0.456 e. The van der Waals surface area contributed by atoms with Crippen LogP contribution in [0.4, 0.5) is 0 Å². The van der Waals surface area contributed by atoms with Crippen LogP contribution >= 0.6 is 0 Å². The average molecular weight is 339 g/mol. The second-order valence-corrected chi connectivity index (χ2v) is 6.75. The summed E-state index contributed by atoms with van der Waals surface area (Å²) >= 11 is 0. The lowest BCUT2D eigenvalue weighted by atomic mass is 10.1. The summed E-state index contributed by atoms with van der Waals surface area (Å²) in [5, 5.41) is 2.37. The van der Waals surface area contributed by atoms with E-state index in [-0.39, 0.29) is 0 Å². The van der Waals surface area contributed by atoms with Crippen LogP contribution < -0.4 is 0 Å². The Labute approximate surface area is 148 Å². The van der Waals surface area contributed by atoms with Crippen LogP contribution in [0.1, 0.15) is 18.4 Å². The van der Waals surface area contributed by atoms with Gasteiger partial charge >= 0.3 is 0 Å². The molecular formula is C21H25NO3. The molecule has 25 heavy (non-hydrogen) atoms. The summed E-state index contributed by atoms with van der Waals surface area (Å²) in [5.74, 6) is 0. The van der Waals surface area contributed by atoms with Crippen molar-refractivity contribution in [1.82, 2.24) is 4.90 Å². The molecule has 0 saturated carbocycles. The highest BCUT2D eigenvalue weighted by atomic mass is 16.5. The fourth-order valence-corrected chi connectivity index (χ4v) is 3.70. The molecule has 3 aromatic rings. The summed E-state index contributed by atoms with van der Waals surface area (Å²) in [5.41, 5.74) is 3.17. The van der Waals surface area contributed by atoms with Crippen LogP contribution in [0.2, 0.25) is 0 Å². The number of ether oxygens (including phenoxy) is 2. The Balaban J connectivity index is 1.62. The van der Waals surface area contributed by atoms with Gasteiger partial charge in [-0.25, -0.2) is 0 Å². The van der Waals surface area contributed by atoms with Crippen LogP contribution in [-0.2, 0) is 16.0 Å². The molecule has 0 bridgehead atoms. The Morgan fingerprint density at radius 2 is 2.00 bits per heavy atom. The SMILES string of the molecule is COCCN(Cc1cccc2c1oc1ccccc12)C[C@H]1CCCO1. The summed E-state index contributed by atoms with van der Waals surface area (Å²) in [4.78, 5) is 2.42. The minimum absolute atomic E-state index is 0.340. The molecule has 132 valence electrons. The number of fused-ring (bicyclic) bond motifs is 3. The first-order chi connectivity index (χ1) is 12.3. The molecule has 1 aliphatic heterocycles. The zero-order valence-corrected chi connectivity index (χ0v) is 14.7. The fraction of sp³-hybridized carbons (Fsp3) is 0.429. The second-order valence-electron chi connectivity index (χ2n) is 6.75. The summed E-state index contributed by atoms with van der Waals surface area (Å²) < 4.78 is 17.3. The molecule has 1 atom stereocenters. The van der Waals surface area contributed by atoms with Gasteiger partial charge in [0.25, 0.3) is 0 Å². The van der Waals surface area contributed by atoms with Gasteiger partial charge in [-0.05, 0) is 18.9 Å². The number of hydrogen-bond acceptors (Lipinski definition) is 4. The topological polar surface area (TPSA) is 34.8 Å². The Bertz CT molecular complexity index is 835. The first kappa shape index (κ1) is 16.6. The third kappa shape index (κ3) is 3.56. The number of methoxy groups -OCH3 is 1. The third-order valence-corrected chi connectivity index (χ3v) is 4.98. The second kappa shape index (κ2) is 7.56. The van der Waals surface area contributed by atoms with E-state index in [2.05, 4.69) is 35.2 Å². The molecule has 0 radical (unpaired) electrons. The molecule has 1 aliphatic rings. The number of nitrogens with zero attached hydrogens (tertiary/aromatic N) is 1. The van der Waals surface area contributed by atoms with E-state index in [4.69, 9.17) is 13.9 Å². The van der Waals surface area contributed by atoms with Crippen molar-refractivity contribution in [1.29, 1.82) is 0 Å². The highest BCUT2D eigenvalue weighted by molar-refractivity contribution is 6.05. The standard InChI is InChI=1S/C21H25NO3/c1-23-13-11-22(15-17-7-5-12-24-17)14-16-6-4-9-19-18-8-2-3-10-20(18)25-21(16)19/h2-4,6,8-10,17H,5,7,11-15H2,1H3/t17-/m1/s1. The zero-order chi connectivity index (χ0) is 17.1. The monoisotopic (exact) mass is 339 g/mol. The van der Waals surface area contributed by atoms with Gasteiger partial charge in [0.15, 0.2) is 0 Å². The maximum atomic E-state index is 6.17. The van der Waals surface area contributed by atoms with E-state index in [1.165, 1.54) is 22.8 Å². The summed E-state index contributed by atoms with van der Waals surface area (Å²) in [6, 6.07) is 14.7. The van der Waals surface area contributed by atoms with Gasteiger partial charge in [0.1, 0.15) is 11.2 Å². The number of para-hydroxylation sites is 2. The summed E-state index contributed by atoms with van der Waals surface area (Å²) in [6.07, 6.45) is 2.66. The van der Waals surface area contributed by atoms with Crippen molar-refractivity contribution < 1.29 is 13.9 Å². The molecule has 4 heteroatoms. The van der Waals surface area contributed by atoms with Crippen molar-refractivity contribution in [3.8, 4) is 0 Å². The first-order valence-corrected chi connectivity index (χ1v) is 9.07. The van der Waals surface area contributed by atoms with E-state index in [9.17, 15) is 0 Å². The van der Waals surface area contributed by atoms with E-state index >= 15 is 0 Å². The van der Waals surface area contributed by atoms with Gasteiger partial charge in [-0.15, -0.1) is 0 Å². The van der Waals surface area contributed by atoms with Crippen LogP contribution in [0.3, 0.4) is 0 Å². The van der Waals surface area contributed by atoms with Gasteiger partial charge in [0.2, 0.25) is 0 Å². The lowest BCUT2D eigenvalue weighted by Crippen LogP contribution is -2.34. The van der Waals surface area contributed by atoms with E-state index in [1.807, 2.05) is 12.1 Å². The van der Waals surface area contributed by atoms with Crippen molar-refractivity contribution in [3.05, 3.63) is 48.0 Å². The Morgan fingerprint density at radius 1 is 1.12 bits per heavy atom. The molecule has 0 unspecified atom stereocenters. The van der Waals surface area contributed by atoms with Crippen molar-refractivity contribution >= 4 is 21.9 Å².